The van der Waals surface area contributed by atoms with Crippen molar-refractivity contribution in [2.24, 2.45) is 12.1 Å². The highest BCUT2D eigenvalue weighted by Gasteiger charge is 2.19. The molecule has 29 heavy (non-hydrogen) atoms. The van der Waals surface area contributed by atoms with Crippen LogP contribution in [0.1, 0.15) is 34.5 Å². The minimum absolute atomic E-state index is 0.793. The Hall–Kier alpha value is -2.93. The molecular formula is C22H23N5OS. The summed E-state index contributed by atoms with van der Waals surface area (Å²) < 4.78 is 7.58. The number of thiophene rings is 1. The van der Waals surface area contributed by atoms with Crippen molar-refractivity contribution in [2.75, 3.05) is 12.5 Å². The number of nitrogens with one attached hydrogen (secondary N) is 1. The van der Waals surface area contributed by atoms with E-state index >= 15 is 0 Å². The number of hydrogen-bond acceptors (Lipinski definition) is 6. The summed E-state index contributed by atoms with van der Waals surface area (Å²) in [6.45, 7) is 2.10. The van der Waals surface area contributed by atoms with E-state index in [1.807, 2.05) is 12.3 Å². The van der Waals surface area contributed by atoms with Gasteiger partial charge in [0.15, 0.2) is 5.82 Å². The first kappa shape index (κ1) is 18.1. The molecule has 5 rings (SSSR count). The van der Waals surface area contributed by atoms with Gasteiger partial charge in [0.1, 0.15) is 16.9 Å². The molecule has 0 unspecified atom stereocenters. The van der Waals surface area contributed by atoms with Crippen molar-refractivity contribution in [3.8, 4) is 5.75 Å². The van der Waals surface area contributed by atoms with E-state index in [0.717, 1.165) is 56.8 Å². The molecule has 0 saturated heterocycles. The number of fused-ring (bicyclic) bond motifs is 4. The molecule has 1 aliphatic rings. The van der Waals surface area contributed by atoms with E-state index in [1.165, 1.54) is 23.3 Å². The number of hydrazone groups is 1. The Morgan fingerprint density at radius 1 is 1.24 bits per heavy atom. The van der Waals surface area contributed by atoms with Crippen molar-refractivity contribution in [2.45, 2.75) is 32.6 Å². The molecule has 0 fully saturated rings. The Bertz CT molecular complexity index is 1250. The SMILES string of the molecule is COc1ccc2c(c1)c(/C=N/Nc1ncnc3sc4c(c13)CCCC4)c(C)n2C. The third-order valence-corrected chi connectivity index (χ3v) is 7.06. The van der Waals surface area contributed by atoms with Crippen LogP contribution in [-0.4, -0.2) is 27.9 Å². The minimum atomic E-state index is 0.793. The Labute approximate surface area is 173 Å². The molecule has 1 N–H and O–H groups in total. The van der Waals surface area contributed by atoms with Crippen LogP contribution < -0.4 is 10.2 Å². The molecule has 0 bridgehead atoms. The average molecular weight is 406 g/mol. The van der Waals surface area contributed by atoms with Gasteiger partial charge in [-0.3, -0.25) is 5.43 Å². The monoisotopic (exact) mass is 405 g/mol. The molecule has 3 aromatic heterocycles. The number of aromatic nitrogens is 3. The molecule has 0 aliphatic heterocycles. The first-order valence-electron chi connectivity index (χ1n) is 9.84. The molecule has 0 spiro atoms. The molecule has 3 heterocycles. The number of anilines is 1. The number of benzene rings is 1. The van der Waals surface area contributed by atoms with Gasteiger partial charge in [0.05, 0.1) is 18.7 Å². The lowest BCUT2D eigenvalue weighted by atomic mass is 9.97. The highest BCUT2D eigenvalue weighted by atomic mass is 32.1. The van der Waals surface area contributed by atoms with Crippen molar-refractivity contribution >= 4 is 44.5 Å². The van der Waals surface area contributed by atoms with Crippen molar-refractivity contribution in [1.82, 2.24) is 14.5 Å². The van der Waals surface area contributed by atoms with Crippen LogP contribution >= 0.6 is 11.3 Å². The maximum absolute atomic E-state index is 5.41. The Morgan fingerprint density at radius 3 is 2.97 bits per heavy atom. The number of hydrogen-bond donors (Lipinski definition) is 1. The first-order valence-corrected chi connectivity index (χ1v) is 10.7. The molecule has 148 valence electrons. The van der Waals surface area contributed by atoms with Gasteiger partial charge < -0.3 is 9.30 Å². The largest absolute Gasteiger partial charge is 0.497 e. The van der Waals surface area contributed by atoms with Crippen LogP contribution in [-0.2, 0) is 19.9 Å². The Balaban J connectivity index is 1.52. The van der Waals surface area contributed by atoms with Crippen LogP contribution in [0.25, 0.3) is 21.1 Å². The lowest BCUT2D eigenvalue weighted by Gasteiger charge is -2.11. The van der Waals surface area contributed by atoms with E-state index in [1.54, 1.807) is 24.8 Å². The number of nitrogens with zero attached hydrogens (tertiary/aromatic N) is 4. The Morgan fingerprint density at radius 2 is 2.10 bits per heavy atom. The van der Waals surface area contributed by atoms with Gasteiger partial charge in [-0.1, -0.05) is 0 Å². The normalized spacial score (nSPS) is 14.0. The quantitative estimate of drug-likeness (QED) is 0.390. The number of aryl methyl sites for hydroxylation is 3. The van der Waals surface area contributed by atoms with Crippen LogP contribution in [0.3, 0.4) is 0 Å². The molecule has 4 aromatic rings. The summed E-state index contributed by atoms with van der Waals surface area (Å²) in [5.74, 6) is 1.63. The van der Waals surface area contributed by atoms with E-state index in [2.05, 4.69) is 51.2 Å². The van der Waals surface area contributed by atoms with Crippen molar-refractivity contribution in [1.29, 1.82) is 0 Å². The molecule has 0 radical (unpaired) electrons. The van der Waals surface area contributed by atoms with Gasteiger partial charge in [-0.2, -0.15) is 5.10 Å². The van der Waals surface area contributed by atoms with E-state index in [4.69, 9.17) is 4.74 Å². The second-order valence-electron chi connectivity index (χ2n) is 7.42. The summed E-state index contributed by atoms with van der Waals surface area (Å²) in [6.07, 6.45) is 8.24. The third kappa shape index (κ3) is 2.97. The van der Waals surface area contributed by atoms with E-state index in [9.17, 15) is 0 Å². The van der Waals surface area contributed by atoms with Gasteiger partial charge >= 0.3 is 0 Å². The van der Waals surface area contributed by atoms with E-state index < -0.39 is 0 Å². The fourth-order valence-corrected chi connectivity index (χ4v) is 5.43. The predicted molar refractivity (Wildman–Crippen MR) is 119 cm³/mol. The molecular weight excluding hydrogens is 382 g/mol. The summed E-state index contributed by atoms with van der Waals surface area (Å²) >= 11 is 1.80. The summed E-state index contributed by atoms with van der Waals surface area (Å²) in [6, 6.07) is 6.12. The fraction of sp³-hybridized carbons (Fsp3) is 0.318. The van der Waals surface area contributed by atoms with Crippen molar-refractivity contribution < 1.29 is 4.74 Å². The van der Waals surface area contributed by atoms with E-state index in [0.29, 0.717) is 0 Å². The van der Waals surface area contributed by atoms with Gasteiger partial charge in [0.25, 0.3) is 0 Å². The molecule has 0 saturated carbocycles. The standard InChI is InChI=1S/C22H23N5OS/c1-13-17(16-10-14(28-3)8-9-18(16)27(13)2)11-25-26-21-20-15-6-4-5-7-19(15)29-22(20)24-12-23-21/h8-12H,4-7H2,1-3H3,(H,23,24,26)/b25-11+. The van der Waals surface area contributed by atoms with Crippen LogP contribution in [0.15, 0.2) is 29.6 Å². The molecule has 1 aliphatic carbocycles. The second-order valence-corrected chi connectivity index (χ2v) is 8.51. The van der Waals surface area contributed by atoms with Crippen LogP contribution in [0.5, 0.6) is 5.75 Å². The molecule has 0 atom stereocenters. The molecule has 7 heteroatoms. The fourth-order valence-electron chi connectivity index (χ4n) is 4.20. The summed E-state index contributed by atoms with van der Waals surface area (Å²) in [5, 5.41) is 6.82. The van der Waals surface area contributed by atoms with Gasteiger partial charge in [-0.15, -0.1) is 11.3 Å². The second kappa shape index (κ2) is 7.15. The lowest BCUT2D eigenvalue weighted by Crippen LogP contribution is -2.01. The van der Waals surface area contributed by atoms with Gasteiger partial charge in [-0.05, 0) is 56.4 Å². The van der Waals surface area contributed by atoms with Gasteiger partial charge in [0, 0.05) is 34.1 Å². The van der Waals surface area contributed by atoms with Crippen LogP contribution in [0.4, 0.5) is 5.82 Å². The highest BCUT2D eigenvalue weighted by Crippen LogP contribution is 2.38. The van der Waals surface area contributed by atoms with Crippen LogP contribution in [0, 0.1) is 6.92 Å². The number of rotatable bonds is 4. The average Bonchev–Trinajstić information content (AvgIpc) is 3.24. The van der Waals surface area contributed by atoms with Gasteiger partial charge in [-0.25, -0.2) is 9.97 Å². The first-order chi connectivity index (χ1) is 14.2. The number of ether oxygens (including phenoxy) is 1. The maximum atomic E-state index is 5.41. The third-order valence-electron chi connectivity index (χ3n) is 5.86. The smallest absolute Gasteiger partial charge is 0.158 e. The van der Waals surface area contributed by atoms with Crippen molar-refractivity contribution in [3.63, 3.8) is 0 Å². The summed E-state index contributed by atoms with van der Waals surface area (Å²) in [5.41, 5.74) is 7.97. The van der Waals surface area contributed by atoms with E-state index in [-0.39, 0.29) is 0 Å². The minimum Gasteiger partial charge on any atom is -0.497 e. The summed E-state index contributed by atoms with van der Waals surface area (Å²) in [7, 11) is 3.76. The zero-order valence-electron chi connectivity index (χ0n) is 16.8. The molecule has 1 aromatic carbocycles. The zero-order chi connectivity index (χ0) is 20.0. The highest BCUT2D eigenvalue weighted by molar-refractivity contribution is 7.19. The van der Waals surface area contributed by atoms with Gasteiger partial charge in [0.2, 0.25) is 0 Å². The molecule has 0 amide bonds. The number of methoxy groups -OCH3 is 1. The lowest BCUT2D eigenvalue weighted by molar-refractivity contribution is 0.415. The van der Waals surface area contributed by atoms with Crippen LogP contribution in [0.2, 0.25) is 0 Å². The predicted octanol–water partition coefficient (Wildman–Crippen LogP) is 4.82. The summed E-state index contributed by atoms with van der Waals surface area (Å²) in [4.78, 5) is 11.5. The zero-order valence-corrected chi connectivity index (χ0v) is 17.6. The topological polar surface area (TPSA) is 64.3 Å². The molecule has 6 nitrogen and oxygen atoms in total. The van der Waals surface area contributed by atoms with Crippen molar-refractivity contribution in [3.05, 3.63) is 46.2 Å². The maximum Gasteiger partial charge on any atom is 0.158 e. The Kier molecular flexibility index (Phi) is 4.47.